The molecule has 0 atom stereocenters. The number of nitriles is 1. The molecule has 0 aliphatic heterocycles. The third kappa shape index (κ3) is 2.97. The number of nitrogens with zero attached hydrogens (tertiary/aromatic N) is 1. The number of halogens is 1. The van der Waals surface area contributed by atoms with Crippen LogP contribution in [0.15, 0.2) is 22.7 Å². The molecule has 2 nitrogen and oxygen atoms in total. The molecule has 3 heteroatoms. The topological polar surface area (TPSA) is 33.0 Å². The van der Waals surface area contributed by atoms with Gasteiger partial charge >= 0.3 is 0 Å². The lowest BCUT2D eigenvalue weighted by atomic mass is 10.2. The standard InChI is InChI=1S/C12H12BrNO/c13-12-7-11(4-3-10(12)8-14)15-6-5-9-1-2-9/h3-4,7,9H,1-2,5-6H2. The Labute approximate surface area is 98.0 Å². The monoisotopic (exact) mass is 265 g/mol. The molecule has 15 heavy (non-hydrogen) atoms. The molecule has 0 N–H and O–H groups in total. The van der Waals surface area contributed by atoms with Gasteiger partial charge in [0.25, 0.3) is 0 Å². The van der Waals surface area contributed by atoms with Crippen molar-refractivity contribution in [1.29, 1.82) is 5.26 Å². The van der Waals surface area contributed by atoms with E-state index in [0.29, 0.717) is 5.56 Å². The highest BCUT2D eigenvalue weighted by Crippen LogP contribution is 2.32. The second-order valence-corrected chi connectivity index (χ2v) is 4.69. The first-order chi connectivity index (χ1) is 7.29. The molecular formula is C12H12BrNO. The normalized spacial score (nSPS) is 14.7. The zero-order valence-electron chi connectivity index (χ0n) is 8.37. The third-order valence-corrected chi connectivity index (χ3v) is 3.21. The molecule has 1 aliphatic carbocycles. The van der Waals surface area contributed by atoms with Gasteiger partial charge in [-0.2, -0.15) is 5.26 Å². The third-order valence-electron chi connectivity index (χ3n) is 2.55. The zero-order valence-corrected chi connectivity index (χ0v) is 9.96. The maximum atomic E-state index is 8.75. The van der Waals surface area contributed by atoms with E-state index in [1.165, 1.54) is 12.8 Å². The second kappa shape index (κ2) is 4.67. The van der Waals surface area contributed by atoms with E-state index in [-0.39, 0.29) is 0 Å². The van der Waals surface area contributed by atoms with E-state index in [9.17, 15) is 0 Å². The van der Waals surface area contributed by atoms with E-state index in [4.69, 9.17) is 10.00 Å². The molecule has 1 aromatic rings. The molecule has 1 aliphatic rings. The van der Waals surface area contributed by atoms with Crippen LogP contribution in [0.5, 0.6) is 5.75 Å². The maximum Gasteiger partial charge on any atom is 0.120 e. The summed E-state index contributed by atoms with van der Waals surface area (Å²) >= 11 is 3.34. The van der Waals surface area contributed by atoms with Crippen LogP contribution < -0.4 is 4.74 Å². The van der Waals surface area contributed by atoms with Crippen molar-refractivity contribution in [2.75, 3.05) is 6.61 Å². The Morgan fingerprint density at radius 3 is 2.87 bits per heavy atom. The second-order valence-electron chi connectivity index (χ2n) is 3.83. The van der Waals surface area contributed by atoms with Gasteiger partial charge in [0.15, 0.2) is 0 Å². The summed E-state index contributed by atoms with van der Waals surface area (Å²) in [6.07, 6.45) is 3.87. The van der Waals surface area contributed by atoms with Gasteiger partial charge in [0.05, 0.1) is 12.2 Å². The molecule has 78 valence electrons. The van der Waals surface area contributed by atoms with Crippen molar-refractivity contribution in [2.45, 2.75) is 19.3 Å². The molecule has 0 aromatic heterocycles. The van der Waals surface area contributed by atoms with Crippen molar-refractivity contribution in [3.05, 3.63) is 28.2 Å². The highest BCUT2D eigenvalue weighted by molar-refractivity contribution is 9.10. The van der Waals surface area contributed by atoms with Crippen molar-refractivity contribution in [2.24, 2.45) is 5.92 Å². The summed E-state index contributed by atoms with van der Waals surface area (Å²) in [7, 11) is 0. The first-order valence-electron chi connectivity index (χ1n) is 5.12. The van der Waals surface area contributed by atoms with Gasteiger partial charge in [0.1, 0.15) is 11.8 Å². The number of benzene rings is 1. The van der Waals surface area contributed by atoms with E-state index in [1.54, 1.807) is 6.07 Å². The molecule has 0 radical (unpaired) electrons. The average Bonchev–Trinajstić information content (AvgIpc) is 3.02. The Morgan fingerprint density at radius 1 is 1.47 bits per heavy atom. The molecule has 0 unspecified atom stereocenters. The van der Waals surface area contributed by atoms with Crippen LogP contribution in [0.2, 0.25) is 0 Å². The lowest BCUT2D eigenvalue weighted by Crippen LogP contribution is -1.98. The molecule has 0 spiro atoms. The largest absolute Gasteiger partial charge is 0.494 e. The van der Waals surface area contributed by atoms with Gasteiger partial charge in [-0.1, -0.05) is 12.8 Å². The number of hydrogen-bond donors (Lipinski definition) is 0. The fraction of sp³-hybridized carbons (Fsp3) is 0.417. The van der Waals surface area contributed by atoms with Gasteiger partial charge in [-0.25, -0.2) is 0 Å². The molecule has 2 rings (SSSR count). The van der Waals surface area contributed by atoms with Crippen molar-refractivity contribution in [3.63, 3.8) is 0 Å². The molecule has 0 heterocycles. The van der Waals surface area contributed by atoms with Gasteiger partial charge in [0, 0.05) is 4.47 Å². The average molecular weight is 266 g/mol. The molecule has 1 fully saturated rings. The van der Waals surface area contributed by atoms with Crippen LogP contribution in [0.25, 0.3) is 0 Å². The number of ether oxygens (including phenoxy) is 1. The van der Waals surface area contributed by atoms with Crippen LogP contribution in [0.1, 0.15) is 24.8 Å². The van der Waals surface area contributed by atoms with Gasteiger partial charge in [-0.3, -0.25) is 0 Å². The quantitative estimate of drug-likeness (QED) is 0.835. The van der Waals surface area contributed by atoms with Crippen LogP contribution in [0.3, 0.4) is 0 Å². The Balaban J connectivity index is 1.90. The van der Waals surface area contributed by atoms with Gasteiger partial charge < -0.3 is 4.74 Å². The summed E-state index contributed by atoms with van der Waals surface area (Å²) in [5, 5.41) is 8.75. The molecule has 0 bridgehead atoms. The molecule has 0 saturated heterocycles. The van der Waals surface area contributed by atoms with Gasteiger partial charge in [-0.15, -0.1) is 0 Å². The van der Waals surface area contributed by atoms with E-state index < -0.39 is 0 Å². The molecule has 1 saturated carbocycles. The van der Waals surface area contributed by atoms with E-state index in [2.05, 4.69) is 22.0 Å². The molecule has 1 aromatic carbocycles. The zero-order chi connectivity index (χ0) is 10.7. The van der Waals surface area contributed by atoms with Crippen LogP contribution in [-0.2, 0) is 0 Å². The lowest BCUT2D eigenvalue weighted by Gasteiger charge is -2.06. The first-order valence-corrected chi connectivity index (χ1v) is 5.91. The predicted octanol–water partition coefficient (Wildman–Crippen LogP) is 3.50. The van der Waals surface area contributed by atoms with Crippen molar-refractivity contribution in [3.8, 4) is 11.8 Å². The van der Waals surface area contributed by atoms with E-state index in [0.717, 1.165) is 29.2 Å². The Kier molecular flexibility index (Phi) is 3.27. The fourth-order valence-corrected chi connectivity index (χ4v) is 1.87. The Hall–Kier alpha value is -1.01. The van der Waals surface area contributed by atoms with Crippen LogP contribution in [-0.4, -0.2) is 6.61 Å². The minimum atomic E-state index is 0.643. The molecule has 0 amide bonds. The first kappa shape index (κ1) is 10.5. The summed E-state index contributed by atoms with van der Waals surface area (Å²) < 4.78 is 6.40. The Bertz CT molecular complexity index is 393. The summed E-state index contributed by atoms with van der Waals surface area (Å²) in [5.74, 6) is 1.73. The SMILES string of the molecule is N#Cc1ccc(OCCC2CC2)cc1Br. The lowest BCUT2D eigenvalue weighted by molar-refractivity contribution is 0.302. The van der Waals surface area contributed by atoms with E-state index in [1.807, 2.05) is 12.1 Å². The van der Waals surface area contributed by atoms with Gasteiger partial charge in [0.2, 0.25) is 0 Å². The predicted molar refractivity (Wildman–Crippen MR) is 61.7 cm³/mol. The van der Waals surface area contributed by atoms with Crippen LogP contribution in [0, 0.1) is 17.2 Å². The van der Waals surface area contributed by atoms with Crippen LogP contribution >= 0.6 is 15.9 Å². The molecular weight excluding hydrogens is 254 g/mol. The Morgan fingerprint density at radius 2 is 2.27 bits per heavy atom. The highest BCUT2D eigenvalue weighted by Gasteiger charge is 2.20. The summed E-state index contributed by atoms with van der Waals surface area (Å²) in [6.45, 7) is 0.781. The van der Waals surface area contributed by atoms with Gasteiger partial charge in [-0.05, 0) is 46.5 Å². The summed E-state index contributed by atoms with van der Waals surface area (Å²) in [4.78, 5) is 0. The number of rotatable bonds is 4. The smallest absolute Gasteiger partial charge is 0.120 e. The van der Waals surface area contributed by atoms with Crippen LogP contribution in [0.4, 0.5) is 0 Å². The van der Waals surface area contributed by atoms with Crippen molar-refractivity contribution in [1.82, 2.24) is 0 Å². The maximum absolute atomic E-state index is 8.75. The van der Waals surface area contributed by atoms with E-state index >= 15 is 0 Å². The van der Waals surface area contributed by atoms with Crippen molar-refractivity contribution >= 4 is 15.9 Å². The minimum absolute atomic E-state index is 0.643. The number of hydrogen-bond acceptors (Lipinski definition) is 2. The summed E-state index contributed by atoms with van der Waals surface area (Å²) in [6, 6.07) is 7.57. The summed E-state index contributed by atoms with van der Waals surface area (Å²) in [5.41, 5.74) is 0.643. The highest BCUT2D eigenvalue weighted by atomic mass is 79.9. The minimum Gasteiger partial charge on any atom is -0.494 e. The fourth-order valence-electron chi connectivity index (χ4n) is 1.43. The van der Waals surface area contributed by atoms with Crippen molar-refractivity contribution < 1.29 is 4.74 Å².